The highest BCUT2D eigenvalue weighted by molar-refractivity contribution is 9.10. The van der Waals surface area contributed by atoms with Gasteiger partial charge in [-0.1, -0.05) is 52.0 Å². The molecule has 0 bridgehead atoms. The van der Waals surface area contributed by atoms with Crippen LogP contribution in [-0.4, -0.2) is 26.8 Å². The van der Waals surface area contributed by atoms with Gasteiger partial charge in [-0.2, -0.15) is 0 Å². The lowest BCUT2D eigenvalue weighted by atomic mass is 10.3. The van der Waals surface area contributed by atoms with Crippen LogP contribution in [0, 0.1) is 0 Å². The molecule has 0 unspecified atom stereocenters. The molecule has 8 heteroatoms. The standard InChI is InChI=1S/C17H16BrN5OS/c18-12-5-4-8-14(9-12)20-16(24)11-25-17-21-15(22-23-17)10-19-13-6-2-1-3-7-13/h1-9,19H,10-11H2,(H,20,24)(H,21,22,23). The summed E-state index contributed by atoms with van der Waals surface area (Å²) in [5.74, 6) is 0.867. The smallest absolute Gasteiger partial charge is 0.234 e. The van der Waals surface area contributed by atoms with Crippen LogP contribution in [0.2, 0.25) is 0 Å². The molecule has 128 valence electrons. The second-order valence-electron chi connectivity index (χ2n) is 5.13. The van der Waals surface area contributed by atoms with Crippen molar-refractivity contribution < 1.29 is 4.79 Å². The number of anilines is 2. The van der Waals surface area contributed by atoms with Crippen LogP contribution >= 0.6 is 27.7 Å². The van der Waals surface area contributed by atoms with Crippen molar-refractivity contribution in [1.82, 2.24) is 15.2 Å². The number of nitrogens with one attached hydrogen (secondary N) is 3. The van der Waals surface area contributed by atoms with Crippen molar-refractivity contribution in [3.8, 4) is 0 Å². The maximum Gasteiger partial charge on any atom is 0.234 e. The molecule has 25 heavy (non-hydrogen) atoms. The van der Waals surface area contributed by atoms with Crippen molar-refractivity contribution in [2.75, 3.05) is 16.4 Å². The minimum atomic E-state index is -0.100. The Bertz CT molecular complexity index is 840. The summed E-state index contributed by atoms with van der Waals surface area (Å²) in [5.41, 5.74) is 1.77. The average molecular weight is 418 g/mol. The fourth-order valence-electron chi connectivity index (χ4n) is 2.06. The molecular weight excluding hydrogens is 402 g/mol. The highest BCUT2D eigenvalue weighted by Crippen LogP contribution is 2.17. The molecule has 3 N–H and O–H groups in total. The highest BCUT2D eigenvalue weighted by Gasteiger charge is 2.08. The number of H-pyrrole nitrogens is 1. The van der Waals surface area contributed by atoms with Crippen LogP contribution in [-0.2, 0) is 11.3 Å². The summed E-state index contributed by atoms with van der Waals surface area (Å²) in [6, 6.07) is 17.3. The third-order valence-electron chi connectivity index (χ3n) is 3.19. The third-order valence-corrected chi connectivity index (χ3v) is 4.53. The molecule has 0 fully saturated rings. The average Bonchev–Trinajstić information content (AvgIpc) is 3.07. The molecule has 0 aliphatic carbocycles. The predicted octanol–water partition coefficient (Wildman–Crippen LogP) is 3.91. The van der Waals surface area contributed by atoms with Gasteiger partial charge in [0, 0.05) is 15.8 Å². The largest absolute Gasteiger partial charge is 0.378 e. The van der Waals surface area contributed by atoms with E-state index in [1.54, 1.807) is 0 Å². The van der Waals surface area contributed by atoms with E-state index in [4.69, 9.17) is 0 Å². The molecule has 0 spiro atoms. The van der Waals surface area contributed by atoms with Crippen LogP contribution in [0.3, 0.4) is 0 Å². The number of halogens is 1. The molecule has 0 saturated heterocycles. The maximum absolute atomic E-state index is 12.0. The summed E-state index contributed by atoms with van der Waals surface area (Å²) in [6.07, 6.45) is 0. The number of hydrogen-bond donors (Lipinski definition) is 3. The van der Waals surface area contributed by atoms with Crippen LogP contribution in [0.1, 0.15) is 5.82 Å². The number of carbonyl (C=O) groups excluding carboxylic acids is 1. The monoisotopic (exact) mass is 417 g/mol. The molecule has 1 aromatic heterocycles. The zero-order valence-corrected chi connectivity index (χ0v) is 15.6. The number of carbonyl (C=O) groups is 1. The van der Waals surface area contributed by atoms with Gasteiger partial charge in [0.2, 0.25) is 11.1 Å². The Morgan fingerprint density at radius 2 is 1.92 bits per heavy atom. The molecule has 0 radical (unpaired) electrons. The van der Waals surface area contributed by atoms with E-state index in [1.807, 2.05) is 54.6 Å². The molecule has 1 amide bonds. The first kappa shape index (κ1) is 17.5. The summed E-state index contributed by atoms with van der Waals surface area (Å²) in [6.45, 7) is 0.543. The fourth-order valence-corrected chi connectivity index (χ4v) is 3.07. The Morgan fingerprint density at radius 1 is 1.12 bits per heavy atom. The van der Waals surface area contributed by atoms with Gasteiger partial charge in [-0.3, -0.25) is 9.89 Å². The van der Waals surface area contributed by atoms with Gasteiger partial charge < -0.3 is 10.6 Å². The highest BCUT2D eigenvalue weighted by atomic mass is 79.9. The number of aromatic amines is 1. The quantitative estimate of drug-likeness (QED) is 0.507. The first-order chi connectivity index (χ1) is 12.2. The molecule has 1 heterocycles. The van der Waals surface area contributed by atoms with E-state index >= 15 is 0 Å². The van der Waals surface area contributed by atoms with Crippen molar-refractivity contribution in [3.63, 3.8) is 0 Å². The maximum atomic E-state index is 12.0. The summed E-state index contributed by atoms with van der Waals surface area (Å²) >= 11 is 4.66. The Hall–Kier alpha value is -2.32. The lowest BCUT2D eigenvalue weighted by Gasteiger charge is -2.04. The molecule has 0 aliphatic heterocycles. The number of nitrogens with zero attached hydrogens (tertiary/aromatic N) is 2. The van der Waals surface area contributed by atoms with E-state index < -0.39 is 0 Å². The molecule has 6 nitrogen and oxygen atoms in total. The molecule has 0 saturated carbocycles. The SMILES string of the molecule is O=C(CSc1n[nH]c(CNc2ccccc2)n1)Nc1cccc(Br)c1. The van der Waals surface area contributed by atoms with E-state index in [0.29, 0.717) is 11.7 Å². The Labute approximate surface area is 158 Å². The Morgan fingerprint density at radius 3 is 2.72 bits per heavy atom. The van der Waals surface area contributed by atoms with E-state index in [1.165, 1.54) is 11.8 Å². The van der Waals surface area contributed by atoms with Gasteiger partial charge in [0.1, 0.15) is 5.82 Å². The van der Waals surface area contributed by atoms with Gasteiger partial charge in [-0.15, -0.1) is 5.10 Å². The van der Waals surface area contributed by atoms with E-state index in [0.717, 1.165) is 21.7 Å². The molecule has 3 rings (SSSR count). The minimum absolute atomic E-state index is 0.100. The van der Waals surface area contributed by atoms with Gasteiger partial charge in [0.25, 0.3) is 0 Å². The van der Waals surface area contributed by atoms with Crippen LogP contribution in [0.5, 0.6) is 0 Å². The number of benzene rings is 2. The zero-order chi connectivity index (χ0) is 17.5. The number of hydrogen-bond acceptors (Lipinski definition) is 5. The summed E-state index contributed by atoms with van der Waals surface area (Å²) < 4.78 is 0.919. The summed E-state index contributed by atoms with van der Waals surface area (Å²) in [7, 11) is 0. The number of rotatable bonds is 7. The molecule has 2 aromatic carbocycles. The lowest BCUT2D eigenvalue weighted by molar-refractivity contribution is -0.113. The summed E-state index contributed by atoms with van der Waals surface area (Å²) in [5, 5.41) is 13.6. The van der Waals surface area contributed by atoms with Crippen molar-refractivity contribution in [1.29, 1.82) is 0 Å². The number of aromatic nitrogens is 3. The molecule has 0 aliphatic rings. The van der Waals surface area contributed by atoms with E-state index in [9.17, 15) is 4.79 Å². The topological polar surface area (TPSA) is 82.7 Å². The van der Waals surface area contributed by atoms with E-state index in [-0.39, 0.29) is 11.7 Å². The van der Waals surface area contributed by atoms with Crippen molar-refractivity contribution >= 4 is 45.0 Å². The number of para-hydroxylation sites is 1. The first-order valence-corrected chi connectivity index (χ1v) is 9.35. The van der Waals surface area contributed by atoms with Gasteiger partial charge >= 0.3 is 0 Å². The summed E-state index contributed by atoms with van der Waals surface area (Å²) in [4.78, 5) is 16.4. The van der Waals surface area contributed by atoms with Crippen molar-refractivity contribution in [2.24, 2.45) is 0 Å². The predicted molar refractivity (Wildman–Crippen MR) is 104 cm³/mol. The molecular formula is C17H16BrN5OS. The fraction of sp³-hybridized carbons (Fsp3) is 0.118. The third kappa shape index (κ3) is 5.61. The normalized spacial score (nSPS) is 10.4. The Kier molecular flexibility index (Phi) is 6.08. The molecule has 3 aromatic rings. The zero-order valence-electron chi connectivity index (χ0n) is 13.2. The lowest BCUT2D eigenvalue weighted by Crippen LogP contribution is -2.14. The van der Waals surface area contributed by atoms with Crippen LogP contribution in [0.4, 0.5) is 11.4 Å². The van der Waals surface area contributed by atoms with Gasteiger partial charge in [-0.05, 0) is 30.3 Å². The van der Waals surface area contributed by atoms with Crippen LogP contribution in [0.15, 0.2) is 64.2 Å². The van der Waals surface area contributed by atoms with Gasteiger partial charge in [-0.25, -0.2) is 4.98 Å². The second kappa shape index (κ2) is 8.68. The number of amides is 1. The number of thioether (sulfide) groups is 1. The van der Waals surface area contributed by atoms with E-state index in [2.05, 4.69) is 41.7 Å². The Balaban J connectivity index is 1.45. The van der Waals surface area contributed by atoms with Crippen molar-refractivity contribution in [2.45, 2.75) is 11.7 Å². The minimum Gasteiger partial charge on any atom is -0.378 e. The second-order valence-corrected chi connectivity index (χ2v) is 6.99. The van der Waals surface area contributed by atoms with Crippen LogP contribution < -0.4 is 10.6 Å². The first-order valence-electron chi connectivity index (χ1n) is 7.57. The molecule has 0 atom stereocenters. The van der Waals surface area contributed by atoms with Crippen molar-refractivity contribution in [3.05, 3.63) is 64.9 Å². The van der Waals surface area contributed by atoms with Gasteiger partial charge in [0.15, 0.2) is 0 Å². The van der Waals surface area contributed by atoms with Crippen LogP contribution in [0.25, 0.3) is 0 Å². The van der Waals surface area contributed by atoms with Gasteiger partial charge in [0.05, 0.1) is 12.3 Å².